The summed E-state index contributed by atoms with van der Waals surface area (Å²) in [6, 6.07) is 10.4. The normalized spacial score (nSPS) is 19.6. The number of carbonyl (C=O) groups is 2. The van der Waals surface area contributed by atoms with E-state index in [0.717, 1.165) is 5.56 Å². The molecule has 1 fully saturated rings. The predicted octanol–water partition coefficient (Wildman–Crippen LogP) is 1.61. The number of aliphatic carboxylic acids is 1. The molecule has 3 rings (SSSR count). The van der Waals surface area contributed by atoms with E-state index in [1.807, 2.05) is 18.2 Å². The summed E-state index contributed by atoms with van der Waals surface area (Å²) in [6.45, 7) is 0.442. The van der Waals surface area contributed by atoms with Crippen LogP contribution in [0.25, 0.3) is 0 Å². The van der Waals surface area contributed by atoms with Gasteiger partial charge in [0, 0.05) is 30.8 Å². The number of nitrogens with two attached hydrogens (primary N) is 1. The number of pyridine rings is 1. The maximum Gasteiger partial charge on any atom is 0.308 e. The topological polar surface area (TPSA) is 106 Å². The Morgan fingerprint density at radius 1 is 1.28 bits per heavy atom. The third-order valence-electron chi connectivity index (χ3n) is 4.49. The van der Waals surface area contributed by atoms with Crippen LogP contribution in [-0.2, 0) is 4.79 Å². The fraction of sp³-hybridized carbons (Fsp3) is 0.278. The molecule has 2 atom stereocenters. The summed E-state index contributed by atoms with van der Waals surface area (Å²) >= 11 is 0. The molecule has 1 aliphatic heterocycles. The van der Waals surface area contributed by atoms with Gasteiger partial charge in [-0.2, -0.15) is 0 Å². The molecule has 7 heteroatoms. The molecule has 0 bridgehead atoms. The number of hydrogen-bond donors (Lipinski definition) is 2. The lowest BCUT2D eigenvalue weighted by molar-refractivity contribution is -0.141. The molecule has 0 saturated carbocycles. The van der Waals surface area contributed by atoms with Crippen LogP contribution in [0, 0.1) is 5.92 Å². The van der Waals surface area contributed by atoms with E-state index in [2.05, 4.69) is 4.98 Å². The van der Waals surface area contributed by atoms with Crippen molar-refractivity contribution in [2.45, 2.75) is 5.92 Å². The first-order valence-corrected chi connectivity index (χ1v) is 7.87. The summed E-state index contributed by atoms with van der Waals surface area (Å²) in [5.74, 6) is -1.34. The number of hydrogen-bond acceptors (Lipinski definition) is 5. The standard InChI is InChI=1S/C18H19N3O4/c1-25-15-5-3-2-4-12(15)13-9-21(10-14(13)18(23)24)17(22)11-6-7-20-16(19)8-11/h2-8,13-14H,9-10H2,1H3,(H2,19,20)(H,23,24)/t13-,14+/m0/s1. The first kappa shape index (κ1) is 16.8. The quantitative estimate of drug-likeness (QED) is 0.875. The van der Waals surface area contributed by atoms with Gasteiger partial charge in [0.25, 0.3) is 5.91 Å². The van der Waals surface area contributed by atoms with Crippen LogP contribution in [-0.4, -0.2) is 47.1 Å². The highest BCUT2D eigenvalue weighted by molar-refractivity contribution is 5.95. The molecular formula is C18H19N3O4. The molecule has 0 radical (unpaired) electrons. The smallest absolute Gasteiger partial charge is 0.308 e. The van der Waals surface area contributed by atoms with Crippen LogP contribution in [0.3, 0.4) is 0 Å². The molecular weight excluding hydrogens is 322 g/mol. The van der Waals surface area contributed by atoms with E-state index in [4.69, 9.17) is 10.5 Å². The molecule has 0 spiro atoms. The molecule has 2 heterocycles. The van der Waals surface area contributed by atoms with E-state index in [1.54, 1.807) is 24.1 Å². The molecule has 130 valence electrons. The lowest BCUT2D eigenvalue weighted by Crippen LogP contribution is -2.30. The molecule has 3 N–H and O–H groups in total. The summed E-state index contributed by atoms with van der Waals surface area (Å²) in [5.41, 5.74) is 6.83. The minimum atomic E-state index is -0.930. The van der Waals surface area contributed by atoms with Crippen molar-refractivity contribution >= 4 is 17.7 Å². The Kier molecular flexibility index (Phi) is 4.56. The number of anilines is 1. The number of benzene rings is 1. The Morgan fingerprint density at radius 2 is 2.04 bits per heavy atom. The zero-order chi connectivity index (χ0) is 18.0. The molecule has 2 aromatic rings. The van der Waals surface area contributed by atoms with Crippen molar-refractivity contribution in [2.24, 2.45) is 5.92 Å². The van der Waals surface area contributed by atoms with E-state index < -0.39 is 11.9 Å². The first-order chi connectivity index (χ1) is 12.0. The van der Waals surface area contributed by atoms with E-state index in [-0.39, 0.29) is 24.2 Å². The van der Waals surface area contributed by atoms with Crippen LogP contribution in [0.15, 0.2) is 42.6 Å². The molecule has 7 nitrogen and oxygen atoms in total. The average Bonchev–Trinajstić information content (AvgIpc) is 3.06. The van der Waals surface area contributed by atoms with Crippen LogP contribution in [0.4, 0.5) is 5.82 Å². The Bertz CT molecular complexity index is 808. The summed E-state index contributed by atoms with van der Waals surface area (Å²) in [7, 11) is 1.55. The van der Waals surface area contributed by atoms with Crippen molar-refractivity contribution in [3.8, 4) is 5.75 Å². The number of aromatic nitrogens is 1. The number of amides is 1. The minimum Gasteiger partial charge on any atom is -0.496 e. The number of carboxylic acids is 1. The van der Waals surface area contributed by atoms with E-state index >= 15 is 0 Å². The summed E-state index contributed by atoms with van der Waals surface area (Å²) < 4.78 is 5.36. The zero-order valence-electron chi connectivity index (χ0n) is 13.8. The molecule has 0 aliphatic carbocycles. The van der Waals surface area contributed by atoms with Crippen LogP contribution >= 0.6 is 0 Å². The van der Waals surface area contributed by atoms with E-state index in [0.29, 0.717) is 17.9 Å². The number of para-hydroxylation sites is 1. The number of likely N-dealkylation sites (tertiary alicyclic amines) is 1. The Labute approximate surface area is 145 Å². The van der Waals surface area contributed by atoms with Crippen molar-refractivity contribution in [1.82, 2.24) is 9.88 Å². The molecule has 25 heavy (non-hydrogen) atoms. The number of methoxy groups -OCH3 is 1. The number of rotatable bonds is 4. The number of nitrogens with zero attached hydrogens (tertiary/aromatic N) is 2. The fourth-order valence-electron chi connectivity index (χ4n) is 3.27. The number of nitrogen functional groups attached to an aromatic ring is 1. The van der Waals surface area contributed by atoms with Crippen molar-refractivity contribution in [2.75, 3.05) is 25.9 Å². The van der Waals surface area contributed by atoms with Gasteiger partial charge in [0.05, 0.1) is 13.0 Å². The largest absolute Gasteiger partial charge is 0.496 e. The zero-order valence-corrected chi connectivity index (χ0v) is 13.8. The monoisotopic (exact) mass is 341 g/mol. The molecule has 1 aromatic heterocycles. The van der Waals surface area contributed by atoms with Gasteiger partial charge in [-0.05, 0) is 23.8 Å². The number of carboxylic acid groups (broad SMARTS) is 1. The highest BCUT2D eigenvalue weighted by Crippen LogP contribution is 2.38. The average molecular weight is 341 g/mol. The van der Waals surface area contributed by atoms with Crippen LogP contribution in [0.5, 0.6) is 5.75 Å². The SMILES string of the molecule is COc1ccccc1[C@@H]1CN(C(=O)c2ccnc(N)c2)C[C@H]1C(=O)O. The fourth-order valence-corrected chi connectivity index (χ4v) is 3.27. The van der Waals surface area contributed by atoms with Gasteiger partial charge in [-0.25, -0.2) is 4.98 Å². The van der Waals surface area contributed by atoms with Gasteiger partial charge in [-0.15, -0.1) is 0 Å². The van der Waals surface area contributed by atoms with Gasteiger partial charge in [0.2, 0.25) is 0 Å². The van der Waals surface area contributed by atoms with Crippen LogP contribution in [0.1, 0.15) is 21.8 Å². The summed E-state index contributed by atoms with van der Waals surface area (Å²) in [5, 5.41) is 9.61. The molecule has 0 unspecified atom stereocenters. The van der Waals surface area contributed by atoms with Crippen molar-refractivity contribution < 1.29 is 19.4 Å². The number of ether oxygens (including phenoxy) is 1. The highest BCUT2D eigenvalue weighted by atomic mass is 16.5. The summed E-state index contributed by atoms with van der Waals surface area (Å²) in [6.07, 6.45) is 1.46. The van der Waals surface area contributed by atoms with Gasteiger partial charge in [0.1, 0.15) is 11.6 Å². The van der Waals surface area contributed by atoms with Gasteiger partial charge in [0.15, 0.2) is 0 Å². The first-order valence-electron chi connectivity index (χ1n) is 7.87. The Balaban J connectivity index is 1.90. The molecule has 1 aliphatic rings. The Hall–Kier alpha value is -3.09. The van der Waals surface area contributed by atoms with Crippen molar-refractivity contribution in [3.63, 3.8) is 0 Å². The maximum absolute atomic E-state index is 12.7. The van der Waals surface area contributed by atoms with Crippen molar-refractivity contribution in [1.29, 1.82) is 0 Å². The van der Waals surface area contributed by atoms with Gasteiger partial charge < -0.3 is 20.5 Å². The predicted molar refractivity (Wildman–Crippen MR) is 91.4 cm³/mol. The lowest BCUT2D eigenvalue weighted by atomic mass is 9.88. The van der Waals surface area contributed by atoms with Gasteiger partial charge in [-0.1, -0.05) is 18.2 Å². The number of carbonyl (C=O) groups excluding carboxylic acids is 1. The van der Waals surface area contributed by atoms with Gasteiger partial charge in [-0.3, -0.25) is 9.59 Å². The third kappa shape index (κ3) is 3.26. The van der Waals surface area contributed by atoms with Gasteiger partial charge >= 0.3 is 5.97 Å². The van der Waals surface area contributed by atoms with Crippen LogP contribution in [0.2, 0.25) is 0 Å². The molecule has 1 aromatic carbocycles. The lowest BCUT2D eigenvalue weighted by Gasteiger charge is -2.18. The second-order valence-corrected chi connectivity index (χ2v) is 5.97. The third-order valence-corrected chi connectivity index (χ3v) is 4.49. The second-order valence-electron chi connectivity index (χ2n) is 5.97. The highest BCUT2D eigenvalue weighted by Gasteiger charge is 2.41. The maximum atomic E-state index is 12.7. The second kappa shape index (κ2) is 6.80. The Morgan fingerprint density at radius 3 is 2.72 bits per heavy atom. The minimum absolute atomic E-state index is 0.138. The molecule has 1 saturated heterocycles. The van der Waals surface area contributed by atoms with Crippen molar-refractivity contribution in [3.05, 3.63) is 53.7 Å². The summed E-state index contributed by atoms with van der Waals surface area (Å²) in [4.78, 5) is 29.9. The molecule has 1 amide bonds. The van der Waals surface area contributed by atoms with E-state index in [1.165, 1.54) is 12.3 Å². The van der Waals surface area contributed by atoms with Crippen LogP contribution < -0.4 is 10.5 Å². The van der Waals surface area contributed by atoms with E-state index in [9.17, 15) is 14.7 Å².